The summed E-state index contributed by atoms with van der Waals surface area (Å²) in [6.07, 6.45) is 2.48. The molecule has 0 saturated heterocycles. The SMILES string of the molecule is O=C(NC(CCc1ccccc1)c1ccc2c(c1)OCCCO2)c1ccc(Cl)s1. The molecule has 1 amide bonds. The smallest absolute Gasteiger partial charge is 0.261 e. The normalized spacial score (nSPS) is 14.1. The van der Waals surface area contributed by atoms with Gasteiger partial charge in [-0.2, -0.15) is 0 Å². The van der Waals surface area contributed by atoms with Crippen molar-refractivity contribution in [2.24, 2.45) is 0 Å². The van der Waals surface area contributed by atoms with Gasteiger partial charge in [0.05, 0.1) is 28.5 Å². The van der Waals surface area contributed by atoms with E-state index in [4.69, 9.17) is 21.1 Å². The number of thiophene rings is 1. The zero-order valence-corrected chi connectivity index (χ0v) is 17.5. The molecule has 1 aromatic heterocycles. The van der Waals surface area contributed by atoms with Crippen LogP contribution in [0.2, 0.25) is 4.34 Å². The lowest BCUT2D eigenvalue weighted by Gasteiger charge is -2.20. The predicted octanol–water partition coefficient (Wildman–Crippen LogP) is 5.67. The van der Waals surface area contributed by atoms with Gasteiger partial charge in [-0.25, -0.2) is 0 Å². The Bertz CT molecular complexity index is 973. The van der Waals surface area contributed by atoms with Gasteiger partial charge in [0.1, 0.15) is 0 Å². The van der Waals surface area contributed by atoms with Crippen molar-refractivity contribution in [3.8, 4) is 11.5 Å². The number of halogens is 1. The summed E-state index contributed by atoms with van der Waals surface area (Å²) in [5.41, 5.74) is 2.24. The van der Waals surface area contributed by atoms with Crippen molar-refractivity contribution in [1.29, 1.82) is 0 Å². The maximum atomic E-state index is 12.8. The lowest BCUT2D eigenvalue weighted by Crippen LogP contribution is -2.28. The Morgan fingerprint density at radius 1 is 1.03 bits per heavy atom. The molecule has 0 spiro atoms. The molecule has 1 aliphatic heterocycles. The van der Waals surface area contributed by atoms with E-state index < -0.39 is 0 Å². The topological polar surface area (TPSA) is 47.6 Å². The first-order valence-electron chi connectivity index (χ1n) is 9.69. The summed E-state index contributed by atoms with van der Waals surface area (Å²) in [6, 6.07) is 19.5. The minimum Gasteiger partial charge on any atom is -0.490 e. The van der Waals surface area contributed by atoms with Crippen LogP contribution in [-0.2, 0) is 6.42 Å². The van der Waals surface area contributed by atoms with Gasteiger partial charge in [-0.15, -0.1) is 11.3 Å². The second-order valence-electron chi connectivity index (χ2n) is 6.91. The average Bonchev–Trinajstić information content (AvgIpc) is 3.05. The fourth-order valence-electron chi connectivity index (χ4n) is 3.34. The number of benzene rings is 2. The van der Waals surface area contributed by atoms with E-state index in [9.17, 15) is 4.79 Å². The Morgan fingerprint density at radius 3 is 2.59 bits per heavy atom. The Morgan fingerprint density at radius 2 is 1.83 bits per heavy atom. The summed E-state index contributed by atoms with van der Waals surface area (Å²) >= 11 is 7.28. The van der Waals surface area contributed by atoms with Crippen LogP contribution in [0.25, 0.3) is 0 Å². The number of hydrogen-bond donors (Lipinski definition) is 1. The number of aryl methyl sites for hydroxylation is 1. The van der Waals surface area contributed by atoms with Crippen LogP contribution in [-0.4, -0.2) is 19.1 Å². The summed E-state index contributed by atoms with van der Waals surface area (Å²) in [5.74, 6) is 1.37. The third-order valence-electron chi connectivity index (χ3n) is 4.84. The maximum absolute atomic E-state index is 12.8. The van der Waals surface area contributed by atoms with E-state index in [1.807, 2.05) is 36.4 Å². The van der Waals surface area contributed by atoms with Gasteiger partial charge in [0.2, 0.25) is 0 Å². The summed E-state index contributed by atoms with van der Waals surface area (Å²) in [7, 11) is 0. The molecule has 4 rings (SSSR count). The molecule has 29 heavy (non-hydrogen) atoms. The van der Waals surface area contributed by atoms with Crippen LogP contribution in [0.1, 0.15) is 39.7 Å². The molecule has 2 heterocycles. The molecule has 0 fully saturated rings. The van der Waals surface area contributed by atoms with E-state index in [0.717, 1.165) is 36.3 Å². The molecule has 0 bridgehead atoms. The number of rotatable bonds is 6. The van der Waals surface area contributed by atoms with E-state index in [0.29, 0.717) is 22.4 Å². The molecule has 2 aromatic carbocycles. The van der Waals surface area contributed by atoms with Crippen molar-refractivity contribution in [2.45, 2.75) is 25.3 Å². The van der Waals surface area contributed by atoms with Gasteiger partial charge in [0.15, 0.2) is 11.5 Å². The highest BCUT2D eigenvalue weighted by Crippen LogP contribution is 2.34. The monoisotopic (exact) mass is 427 g/mol. The molecule has 1 N–H and O–H groups in total. The van der Waals surface area contributed by atoms with Crippen LogP contribution in [0.4, 0.5) is 0 Å². The van der Waals surface area contributed by atoms with Crippen LogP contribution in [0, 0.1) is 0 Å². The van der Waals surface area contributed by atoms with Crippen molar-refractivity contribution in [3.63, 3.8) is 0 Å². The van der Waals surface area contributed by atoms with Gasteiger partial charge in [-0.3, -0.25) is 4.79 Å². The van der Waals surface area contributed by atoms with Crippen LogP contribution >= 0.6 is 22.9 Å². The highest BCUT2D eigenvalue weighted by Gasteiger charge is 2.20. The number of carbonyl (C=O) groups is 1. The molecule has 0 radical (unpaired) electrons. The minimum atomic E-state index is -0.152. The Kier molecular flexibility index (Phi) is 6.37. The molecule has 3 aromatic rings. The second-order valence-corrected chi connectivity index (χ2v) is 8.63. The third-order valence-corrected chi connectivity index (χ3v) is 6.07. The van der Waals surface area contributed by atoms with E-state index in [-0.39, 0.29) is 11.9 Å². The van der Waals surface area contributed by atoms with Gasteiger partial charge in [-0.05, 0) is 48.2 Å². The largest absolute Gasteiger partial charge is 0.490 e. The highest BCUT2D eigenvalue weighted by molar-refractivity contribution is 7.18. The zero-order valence-electron chi connectivity index (χ0n) is 15.9. The summed E-state index contributed by atoms with van der Waals surface area (Å²) in [4.78, 5) is 13.4. The lowest BCUT2D eigenvalue weighted by atomic mass is 9.98. The molecular formula is C23H22ClNO3S. The highest BCUT2D eigenvalue weighted by atomic mass is 35.5. The number of hydrogen-bond acceptors (Lipinski definition) is 4. The number of nitrogens with one attached hydrogen (secondary N) is 1. The van der Waals surface area contributed by atoms with Crippen LogP contribution < -0.4 is 14.8 Å². The summed E-state index contributed by atoms with van der Waals surface area (Å²) in [5, 5.41) is 3.17. The first kappa shape index (κ1) is 19.8. The molecular weight excluding hydrogens is 406 g/mol. The average molecular weight is 428 g/mol. The molecule has 0 saturated carbocycles. The molecule has 1 unspecified atom stereocenters. The van der Waals surface area contributed by atoms with Gasteiger partial charge < -0.3 is 14.8 Å². The first-order chi connectivity index (χ1) is 14.2. The van der Waals surface area contributed by atoms with Gasteiger partial charge in [-0.1, -0.05) is 48.0 Å². The second kappa shape index (κ2) is 9.33. The van der Waals surface area contributed by atoms with Gasteiger partial charge in [0.25, 0.3) is 5.91 Å². The lowest BCUT2D eigenvalue weighted by molar-refractivity contribution is 0.0938. The van der Waals surface area contributed by atoms with E-state index in [2.05, 4.69) is 17.4 Å². The quantitative estimate of drug-likeness (QED) is 0.551. The van der Waals surface area contributed by atoms with Crippen LogP contribution in [0.5, 0.6) is 11.5 Å². The molecule has 0 aliphatic carbocycles. The molecule has 1 aliphatic rings. The van der Waals surface area contributed by atoms with Crippen molar-refractivity contribution >= 4 is 28.8 Å². The molecule has 6 heteroatoms. The van der Waals surface area contributed by atoms with Crippen molar-refractivity contribution < 1.29 is 14.3 Å². The fourth-order valence-corrected chi connectivity index (χ4v) is 4.29. The summed E-state index contributed by atoms with van der Waals surface area (Å²) < 4.78 is 12.2. The van der Waals surface area contributed by atoms with Crippen molar-refractivity contribution in [3.05, 3.63) is 81.0 Å². The van der Waals surface area contributed by atoms with Crippen LogP contribution in [0.15, 0.2) is 60.7 Å². The Balaban J connectivity index is 1.56. The van der Waals surface area contributed by atoms with Crippen molar-refractivity contribution in [2.75, 3.05) is 13.2 Å². The van der Waals surface area contributed by atoms with E-state index in [1.54, 1.807) is 12.1 Å². The summed E-state index contributed by atoms with van der Waals surface area (Å²) in [6.45, 7) is 1.28. The van der Waals surface area contributed by atoms with Gasteiger partial charge >= 0.3 is 0 Å². The zero-order chi connectivity index (χ0) is 20.1. The van der Waals surface area contributed by atoms with Crippen molar-refractivity contribution in [1.82, 2.24) is 5.32 Å². The molecule has 150 valence electrons. The molecule has 1 atom stereocenters. The van der Waals surface area contributed by atoms with Crippen LogP contribution in [0.3, 0.4) is 0 Å². The third kappa shape index (κ3) is 5.11. The Hall–Kier alpha value is -2.50. The minimum absolute atomic E-state index is 0.118. The number of ether oxygens (including phenoxy) is 2. The predicted molar refractivity (Wildman–Crippen MR) is 116 cm³/mol. The standard InChI is InChI=1S/C23H22ClNO3S/c24-22-12-11-21(29-22)23(26)25-18(9-7-16-5-2-1-3-6-16)17-8-10-19-20(15-17)28-14-4-13-27-19/h1-3,5-6,8,10-12,15,18H,4,7,9,13-14H2,(H,25,26). The number of fused-ring (bicyclic) bond motifs is 1. The molecule has 4 nitrogen and oxygen atoms in total. The number of amides is 1. The van der Waals surface area contributed by atoms with Gasteiger partial charge in [0, 0.05) is 6.42 Å². The van der Waals surface area contributed by atoms with E-state index >= 15 is 0 Å². The fraction of sp³-hybridized carbons (Fsp3) is 0.261. The Labute approximate surface area is 179 Å². The van der Waals surface area contributed by atoms with E-state index in [1.165, 1.54) is 16.9 Å². The number of carbonyl (C=O) groups excluding carboxylic acids is 1. The first-order valence-corrected chi connectivity index (χ1v) is 10.9. The maximum Gasteiger partial charge on any atom is 0.261 e.